The monoisotopic (exact) mass is 213 g/mol. The predicted molar refractivity (Wildman–Crippen MR) is 58.0 cm³/mol. The van der Waals surface area contributed by atoms with E-state index in [9.17, 15) is 0 Å². The van der Waals surface area contributed by atoms with Gasteiger partial charge in [-0.05, 0) is 6.42 Å². The summed E-state index contributed by atoms with van der Waals surface area (Å²) in [6.45, 7) is 3.01. The van der Waals surface area contributed by atoms with Crippen LogP contribution in [0, 0.1) is 0 Å². The first-order valence-corrected chi connectivity index (χ1v) is 4.96. The summed E-state index contributed by atoms with van der Waals surface area (Å²) in [7, 11) is 0. The Kier molecular flexibility index (Phi) is 2.41. The minimum atomic E-state index is -0.157. The lowest BCUT2D eigenvalue weighted by Gasteiger charge is -2.25. The van der Waals surface area contributed by atoms with Gasteiger partial charge in [-0.1, -0.05) is 18.5 Å². The molecule has 2 rings (SSSR count). The Bertz CT molecular complexity index is 322. The maximum atomic E-state index is 5.93. The van der Waals surface area contributed by atoms with Crippen LogP contribution in [0.3, 0.4) is 0 Å². The second-order valence-electron chi connectivity index (χ2n) is 3.28. The quantitative estimate of drug-likeness (QED) is 0.722. The molecule has 0 aromatic carbocycles. The van der Waals surface area contributed by atoms with Crippen LogP contribution in [0.25, 0.3) is 0 Å². The van der Waals surface area contributed by atoms with Crippen molar-refractivity contribution in [2.24, 2.45) is 20.7 Å². The van der Waals surface area contributed by atoms with E-state index in [0.717, 1.165) is 13.0 Å². The summed E-state index contributed by atoms with van der Waals surface area (Å²) in [5.41, 5.74) is 5.54. The molecule has 0 aliphatic carbocycles. The van der Waals surface area contributed by atoms with Gasteiger partial charge in [-0.3, -0.25) is 4.99 Å². The van der Waals surface area contributed by atoms with Gasteiger partial charge in [0.2, 0.25) is 5.96 Å². The zero-order valence-electron chi connectivity index (χ0n) is 7.89. The van der Waals surface area contributed by atoms with Gasteiger partial charge in [0, 0.05) is 6.54 Å². The normalized spacial score (nSPS) is 30.0. The molecule has 2 heterocycles. The topological polar surface area (TPSA) is 66.3 Å². The first kappa shape index (κ1) is 9.45. The number of guanidine groups is 1. The molecule has 6 heteroatoms. The summed E-state index contributed by atoms with van der Waals surface area (Å²) in [5.74, 6) is 0.239. The highest BCUT2D eigenvalue weighted by Gasteiger charge is 2.35. The summed E-state index contributed by atoms with van der Waals surface area (Å²) in [6.07, 6.45) is 2.73. The highest BCUT2D eigenvalue weighted by atomic mass is 35.5. The van der Waals surface area contributed by atoms with Crippen molar-refractivity contribution >= 4 is 29.1 Å². The van der Waals surface area contributed by atoms with Crippen LogP contribution in [-0.2, 0) is 0 Å². The Labute approximate surface area is 87.4 Å². The molecule has 0 aromatic heterocycles. The van der Waals surface area contributed by atoms with E-state index in [1.54, 1.807) is 6.34 Å². The summed E-state index contributed by atoms with van der Waals surface area (Å²) in [6, 6.07) is -0.157. The van der Waals surface area contributed by atoms with E-state index >= 15 is 0 Å². The van der Waals surface area contributed by atoms with Gasteiger partial charge in [-0.25, -0.2) is 9.98 Å². The molecule has 0 bridgehead atoms. The average molecular weight is 214 g/mol. The molecule has 2 N–H and O–H groups in total. The van der Waals surface area contributed by atoms with E-state index in [1.165, 1.54) is 0 Å². The number of hydrogen-bond donors (Lipinski definition) is 1. The Morgan fingerprint density at radius 2 is 2.43 bits per heavy atom. The van der Waals surface area contributed by atoms with E-state index in [-0.39, 0.29) is 18.2 Å². The van der Waals surface area contributed by atoms with Crippen molar-refractivity contribution in [1.82, 2.24) is 4.90 Å². The number of aliphatic imine (C=N–C) groups is 3. The van der Waals surface area contributed by atoms with Crippen LogP contribution >= 0.6 is 11.6 Å². The van der Waals surface area contributed by atoms with Crippen LogP contribution < -0.4 is 5.73 Å². The van der Waals surface area contributed by atoms with Crippen LogP contribution in [0.15, 0.2) is 15.0 Å². The first-order valence-electron chi connectivity index (χ1n) is 4.58. The number of nitrogens with zero attached hydrogens (tertiary/aromatic N) is 4. The van der Waals surface area contributed by atoms with Crippen molar-refractivity contribution in [3.63, 3.8) is 0 Å². The van der Waals surface area contributed by atoms with Crippen LogP contribution in [0.5, 0.6) is 0 Å². The van der Waals surface area contributed by atoms with Gasteiger partial charge < -0.3 is 10.6 Å². The Balaban J connectivity index is 2.20. The molecule has 0 saturated heterocycles. The molecular weight excluding hydrogens is 202 g/mol. The molecule has 0 amide bonds. The average Bonchev–Trinajstić information content (AvgIpc) is 2.49. The summed E-state index contributed by atoms with van der Waals surface area (Å²) in [4.78, 5) is 14.4. The molecule has 2 aliphatic rings. The lowest BCUT2D eigenvalue weighted by Crippen LogP contribution is -2.42. The Hall–Kier alpha value is -1.10. The molecule has 2 unspecified atom stereocenters. The van der Waals surface area contributed by atoms with Crippen molar-refractivity contribution in [3.8, 4) is 0 Å². The van der Waals surface area contributed by atoms with Crippen LogP contribution in [0.1, 0.15) is 13.3 Å². The number of nitrogens with two attached hydrogens (primary N) is 1. The fourth-order valence-electron chi connectivity index (χ4n) is 1.60. The molecule has 0 fully saturated rings. The second-order valence-corrected chi connectivity index (χ2v) is 3.67. The van der Waals surface area contributed by atoms with Crippen molar-refractivity contribution in [2.75, 3.05) is 6.54 Å². The number of fused-ring (bicyclic) bond motifs is 1. The zero-order valence-corrected chi connectivity index (χ0v) is 8.65. The third-order valence-corrected chi connectivity index (χ3v) is 2.52. The molecule has 0 spiro atoms. The van der Waals surface area contributed by atoms with Crippen molar-refractivity contribution in [3.05, 3.63) is 0 Å². The highest BCUT2D eigenvalue weighted by Crippen LogP contribution is 2.21. The van der Waals surface area contributed by atoms with E-state index in [2.05, 4.69) is 21.9 Å². The van der Waals surface area contributed by atoms with Gasteiger partial charge in [-0.15, -0.1) is 0 Å². The molecule has 2 aliphatic heterocycles. The largest absolute Gasteiger partial charge is 0.368 e. The SMILES string of the molecule is CCCN1C=NC2C(Cl)=NC(N)=NC21. The number of hydrogen-bond acceptors (Lipinski definition) is 5. The maximum absolute atomic E-state index is 5.93. The van der Waals surface area contributed by atoms with E-state index in [0.29, 0.717) is 5.17 Å². The van der Waals surface area contributed by atoms with Gasteiger partial charge in [0.05, 0.1) is 6.34 Å². The van der Waals surface area contributed by atoms with Gasteiger partial charge in [0.25, 0.3) is 0 Å². The Morgan fingerprint density at radius 3 is 3.14 bits per heavy atom. The lowest BCUT2D eigenvalue weighted by atomic mass is 10.2. The van der Waals surface area contributed by atoms with Crippen molar-refractivity contribution in [1.29, 1.82) is 0 Å². The van der Waals surface area contributed by atoms with Crippen LogP contribution in [0.4, 0.5) is 0 Å². The van der Waals surface area contributed by atoms with Crippen LogP contribution in [-0.4, -0.2) is 41.1 Å². The standard InChI is InChI=1S/C8H12ClN5/c1-2-3-14-4-11-5-6(9)12-8(10)13-7(5)14/h4-5,7H,2-3H2,1H3,(H2,10,13). The van der Waals surface area contributed by atoms with Gasteiger partial charge in [-0.2, -0.15) is 0 Å². The van der Waals surface area contributed by atoms with Gasteiger partial charge in [0.1, 0.15) is 11.2 Å². The molecule has 14 heavy (non-hydrogen) atoms. The third kappa shape index (κ3) is 1.48. The predicted octanol–water partition coefficient (Wildman–Crippen LogP) is 0.401. The molecule has 0 aromatic rings. The molecule has 5 nitrogen and oxygen atoms in total. The summed E-state index contributed by atoms with van der Waals surface area (Å²) < 4.78 is 0. The minimum absolute atomic E-state index is 0.0834. The minimum Gasteiger partial charge on any atom is -0.368 e. The van der Waals surface area contributed by atoms with Crippen molar-refractivity contribution < 1.29 is 0 Å². The summed E-state index contributed by atoms with van der Waals surface area (Å²) in [5, 5.41) is 0.428. The molecule has 0 saturated carbocycles. The highest BCUT2D eigenvalue weighted by molar-refractivity contribution is 6.67. The number of rotatable bonds is 2. The van der Waals surface area contributed by atoms with Gasteiger partial charge >= 0.3 is 0 Å². The smallest absolute Gasteiger partial charge is 0.218 e. The maximum Gasteiger partial charge on any atom is 0.218 e. The molecular formula is C8H12ClN5. The fourth-order valence-corrected chi connectivity index (χ4v) is 1.86. The molecule has 76 valence electrons. The molecule has 2 atom stereocenters. The number of halogens is 1. The van der Waals surface area contributed by atoms with Gasteiger partial charge in [0.15, 0.2) is 6.17 Å². The lowest BCUT2D eigenvalue weighted by molar-refractivity contribution is 0.342. The zero-order chi connectivity index (χ0) is 10.1. The fraction of sp³-hybridized carbons (Fsp3) is 0.625. The Morgan fingerprint density at radius 1 is 1.64 bits per heavy atom. The van der Waals surface area contributed by atoms with E-state index in [4.69, 9.17) is 17.3 Å². The van der Waals surface area contributed by atoms with E-state index in [1.807, 2.05) is 4.90 Å². The molecule has 0 radical (unpaired) electrons. The summed E-state index contributed by atoms with van der Waals surface area (Å²) >= 11 is 5.93. The van der Waals surface area contributed by atoms with E-state index < -0.39 is 0 Å². The van der Waals surface area contributed by atoms with Crippen LogP contribution in [0.2, 0.25) is 0 Å². The third-order valence-electron chi connectivity index (χ3n) is 2.21. The first-order chi connectivity index (χ1) is 6.72. The van der Waals surface area contributed by atoms with Crippen molar-refractivity contribution in [2.45, 2.75) is 25.6 Å². The second kappa shape index (κ2) is 3.57.